The molecule has 0 aliphatic carbocycles. The average molecular weight is 421 g/mol. The second-order valence-corrected chi connectivity index (χ2v) is 8.24. The summed E-state index contributed by atoms with van der Waals surface area (Å²) in [5.74, 6) is -0.229. The van der Waals surface area contributed by atoms with Crippen LogP contribution in [-0.2, 0) is 21.4 Å². The van der Waals surface area contributed by atoms with E-state index in [0.717, 1.165) is 13.1 Å². The zero-order valence-electron chi connectivity index (χ0n) is 16.2. The molecule has 11 heteroatoms. The third kappa shape index (κ3) is 5.12. The highest BCUT2D eigenvalue weighted by Crippen LogP contribution is 2.16. The van der Waals surface area contributed by atoms with Gasteiger partial charge in [0.25, 0.3) is 15.9 Å². The number of hydrazine groups is 1. The van der Waals surface area contributed by atoms with Gasteiger partial charge in [-0.3, -0.25) is 25.3 Å². The highest BCUT2D eigenvalue weighted by Gasteiger charge is 2.25. The van der Waals surface area contributed by atoms with Crippen LogP contribution < -0.4 is 10.9 Å². The summed E-state index contributed by atoms with van der Waals surface area (Å²) in [6.07, 6.45) is 4.37. The van der Waals surface area contributed by atoms with Crippen LogP contribution in [0.3, 0.4) is 0 Å². The summed E-state index contributed by atoms with van der Waals surface area (Å²) in [7, 11) is -3.46. The Balaban J connectivity index is 1.56. The Morgan fingerprint density at radius 1 is 1.17 bits per heavy atom. The van der Waals surface area contributed by atoms with E-state index in [0.29, 0.717) is 12.3 Å². The molecule has 0 aromatic carbocycles. The van der Waals surface area contributed by atoms with Gasteiger partial charge in [-0.25, -0.2) is 8.42 Å². The van der Waals surface area contributed by atoms with Gasteiger partial charge in [0.05, 0.1) is 17.9 Å². The highest BCUT2D eigenvalue weighted by molar-refractivity contribution is 7.90. The quantitative estimate of drug-likeness (QED) is 0.636. The van der Waals surface area contributed by atoms with E-state index in [1.165, 1.54) is 18.4 Å². The van der Waals surface area contributed by atoms with Crippen LogP contribution in [0, 0.1) is 0 Å². The zero-order valence-corrected chi connectivity index (χ0v) is 17.0. The molecule has 1 aromatic rings. The van der Waals surface area contributed by atoms with E-state index < -0.39 is 21.8 Å². The summed E-state index contributed by atoms with van der Waals surface area (Å²) < 4.78 is 32.2. The molecule has 0 unspecified atom stereocenters. The fourth-order valence-electron chi connectivity index (χ4n) is 2.84. The number of nitrogens with one attached hydrogen (secondary N) is 2. The first-order chi connectivity index (χ1) is 13.8. The van der Waals surface area contributed by atoms with Gasteiger partial charge in [-0.1, -0.05) is 13.8 Å². The number of carbonyl (C=O) groups excluding carboxylic acids is 2. The molecule has 3 rings (SSSR count). The maximum absolute atomic E-state index is 12.3. The van der Waals surface area contributed by atoms with Crippen molar-refractivity contribution in [1.82, 2.24) is 20.7 Å². The second-order valence-electron chi connectivity index (χ2n) is 6.48. The third-order valence-electron chi connectivity index (χ3n) is 4.53. The van der Waals surface area contributed by atoms with Gasteiger partial charge in [-0.2, -0.15) is 0 Å². The largest absolute Gasteiger partial charge is 0.454 e. The van der Waals surface area contributed by atoms with E-state index in [1.54, 1.807) is 17.0 Å². The number of rotatable bonds is 6. The SMILES string of the molecule is CCN(CC)Cc1ccc(C(=O)NNC(=O)C2=CN3CCS(=O)(=O)N=C3C=C2)o1. The minimum absolute atomic E-state index is 0.0938. The fraction of sp³-hybridized carbons (Fsp3) is 0.389. The molecule has 10 nitrogen and oxygen atoms in total. The molecule has 0 radical (unpaired) electrons. The van der Waals surface area contributed by atoms with Crippen LogP contribution in [0.5, 0.6) is 0 Å². The first kappa shape index (κ1) is 20.8. The van der Waals surface area contributed by atoms with Gasteiger partial charge in [-0.15, -0.1) is 4.40 Å². The van der Waals surface area contributed by atoms with Crippen LogP contribution in [0.1, 0.15) is 30.2 Å². The molecule has 2 aliphatic rings. The van der Waals surface area contributed by atoms with Gasteiger partial charge >= 0.3 is 5.91 Å². The second kappa shape index (κ2) is 8.62. The smallest absolute Gasteiger partial charge is 0.305 e. The summed E-state index contributed by atoms with van der Waals surface area (Å²) in [6.45, 7) is 6.62. The normalized spacial score (nSPS) is 17.4. The number of fused-ring (bicyclic) bond motifs is 1. The monoisotopic (exact) mass is 421 g/mol. The summed E-state index contributed by atoms with van der Waals surface area (Å²) in [5.41, 5.74) is 4.89. The van der Waals surface area contributed by atoms with Crippen LogP contribution in [-0.4, -0.2) is 61.3 Å². The van der Waals surface area contributed by atoms with E-state index in [1.807, 2.05) is 13.8 Å². The minimum atomic E-state index is -3.46. The lowest BCUT2D eigenvalue weighted by atomic mass is 10.2. The Morgan fingerprint density at radius 2 is 1.90 bits per heavy atom. The van der Waals surface area contributed by atoms with E-state index in [9.17, 15) is 18.0 Å². The van der Waals surface area contributed by atoms with Crippen molar-refractivity contribution in [2.24, 2.45) is 4.40 Å². The number of hydrogen-bond donors (Lipinski definition) is 2. The molecule has 0 atom stereocenters. The van der Waals surface area contributed by atoms with Crippen molar-refractivity contribution in [1.29, 1.82) is 0 Å². The minimum Gasteiger partial charge on any atom is -0.454 e. The van der Waals surface area contributed by atoms with Crippen molar-refractivity contribution in [2.75, 3.05) is 25.4 Å². The van der Waals surface area contributed by atoms with E-state index in [-0.39, 0.29) is 29.5 Å². The number of carbonyl (C=O) groups is 2. The number of sulfonamides is 1. The maximum atomic E-state index is 12.3. The molecule has 0 saturated carbocycles. The molecule has 0 spiro atoms. The van der Waals surface area contributed by atoms with E-state index in [2.05, 4.69) is 20.1 Å². The molecule has 29 heavy (non-hydrogen) atoms. The molecule has 0 bridgehead atoms. The van der Waals surface area contributed by atoms with E-state index >= 15 is 0 Å². The highest BCUT2D eigenvalue weighted by atomic mass is 32.2. The van der Waals surface area contributed by atoms with Crippen LogP contribution >= 0.6 is 0 Å². The van der Waals surface area contributed by atoms with Gasteiger partial charge in [0.1, 0.15) is 11.6 Å². The van der Waals surface area contributed by atoms with Crippen molar-refractivity contribution in [3.05, 3.63) is 47.6 Å². The predicted octanol–water partition coefficient (Wildman–Crippen LogP) is 0.380. The van der Waals surface area contributed by atoms with Crippen molar-refractivity contribution in [3.63, 3.8) is 0 Å². The molecular formula is C18H23N5O5S. The van der Waals surface area contributed by atoms with Crippen molar-refractivity contribution in [3.8, 4) is 0 Å². The third-order valence-corrected chi connectivity index (χ3v) is 5.70. The maximum Gasteiger partial charge on any atom is 0.305 e. The lowest BCUT2D eigenvalue weighted by Gasteiger charge is -2.26. The summed E-state index contributed by atoms with van der Waals surface area (Å²) in [5, 5.41) is 0. The Bertz CT molecular complexity index is 988. The molecule has 0 saturated heterocycles. The molecular weight excluding hydrogens is 398 g/mol. The Morgan fingerprint density at radius 3 is 2.62 bits per heavy atom. The predicted molar refractivity (Wildman–Crippen MR) is 106 cm³/mol. The van der Waals surface area contributed by atoms with Crippen LogP contribution in [0.15, 0.2) is 44.9 Å². The average Bonchev–Trinajstić information content (AvgIpc) is 3.17. The van der Waals surface area contributed by atoms with Gasteiger partial charge in [-0.05, 0) is 37.4 Å². The number of amides is 2. The van der Waals surface area contributed by atoms with Crippen molar-refractivity contribution in [2.45, 2.75) is 20.4 Å². The van der Waals surface area contributed by atoms with Crippen molar-refractivity contribution < 1.29 is 22.4 Å². The molecule has 1 aromatic heterocycles. The standard InChI is InChI=1S/C18H23N5O5S/c1-3-22(4-2)12-14-6-7-15(28-14)18(25)20-19-17(24)13-5-8-16-21-29(26,27)10-9-23(16)11-13/h5-8,11H,3-4,9-10,12H2,1-2H3,(H,19,24)(H,20,25). The van der Waals surface area contributed by atoms with Gasteiger partial charge < -0.3 is 9.32 Å². The first-order valence-corrected chi connectivity index (χ1v) is 10.8. The number of amidine groups is 1. The molecule has 0 fully saturated rings. The zero-order chi connectivity index (χ0) is 21.0. The lowest BCUT2D eigenvalue weighted by molar-refractivity contribution is -0.118. The summed E-state index contributed by atoms with van der Waals surface area (Å²) >= 11 is 0. The molecule has 2 N–H and O–H groups in total. The van der Waals surface area contributed by atoms with E-state index in [4.69, 9.17) is 4.42 Å². The van der Waals surface area contributed by atoms with Gasteiger partial charge in [0.2, 0.25) is 0 Å². The van der Waals surface area contributed by atoms with Gasteiger partial charge in [0.15, 0.2) is 5.76 Å². The molecule has 2 aliphatic heterocycles. The van der Waals surface area contributed by atoms with Crippen LogP contribution in [0.2, 0.25) is 0 Å². The van der Waals surface area contributed by atoms with Crippen LogP contribution in [0.4, 0.5) is 0 Å². The fourth-order valence-corrected chi connectivity index (χ4v) is 3.80. The van der Waals surface area contributed by atoms with Crippen molar-refractivity contribution >= 4 is 27.7 Å². The summed E-state index contributed by atoms with van der Waals surface area (Å²) in [6, 6.07) is 3.28. The number of nitrogens with zero attached hydrogens (tertiary/aromatic N) is 3. The summed E-state index contributed by atoms with van der Waals surface area (Å²) in [4.78, 5) is 28.2. The molecule has 156 valence electrons. The molecule has 3 heterocycles. The lowest BCUT2D eigenvalue weighted by Crippen LogP contribution is -2.43. The topological polar surface area (TPSA) is 124 Å². The van der Waals surface area contributed by atoms with Gasteiger partial charge in [0, 0.05) is 12.7 Å². The molecule has 2 amide bonds. The Kier molecular flexibility index (Phi) is 6.18. The Labute approximate surface area is 169 Å². The number of hydrogen-bond acceptors (Lipinski definition) is 7. The Hall–Kier alpha value is -2.92. The van der Waals surface area contributed by atoms with Crippen LogP contribution in [0.25, 0.3) is 0 Å². The number of furan rings is 1. The first-order valence-electron chi connectivity index (χ1n) is 9.22.